The summed E-state index contributed by atoms with van der Waals surface area (Å²) < 4.78 is 19.1. The molecule has 2 aromatic carbocycles. The maximum absolute atomic E-state index is 13.9. The van der Waals surface area contributed by atoms with Crippen molar-refractivity contribution in [3.63, 3.8) is 0 Å². The number of hydrogen-bond acceptors (Lipinski definition) is 4. The van der Waals surface area contributed by atoms with Crippen LogP contribution in [0.15, 0.2) is 48.5 Å². The molecule has 3 rings (SSSR count). The monoisotopic (exact) mass is 366 g/mol. The van der Waals surface area contributed by atoms with Crippen LogP contribution in [0.5, 0.6) is 0 Å². The van der Waals surface area contributed by atoms with E-state index in [0.717, 1.165) is 0 Å². The molecule has 1 N–H and O–H groups in total. The van der Waals surface area contributed by atoms with Crippen molar-refractivity contribution in [1.29, 1.82) is 0 Å². The molecule has 0 aliphatic heterocycles. The average molecular weight is 366 g/mol. The Morgan fingerprint density at radius 1 is 1.11 bits per heavy atom. The van der Waals surface area contributed by atoms with Gasteiger partial charge < -0.3 is 10.1 Å². The predicted molar refractivity (Wildman–Crippen MR) is 101 cm³/mol. The quantitative estimate of drug-likeness (QED) is 0.690. The number of carbonyl (C=O) groups excluding carboxylic acids is 2. The minimum Gasteiger partial charge on any atom is -0.459 e. The summed E-state index contributed by atoms with van der Waals surface area (Å²) >= 11 is 0. The summed E-state index contributed by atoms with van der Waals surface area (Å²) in [6, 6.07) is 12.4. The SMILES string of the molecule is Cc1cc(NC(=O)c2ccccc2F)c2cc(C(=O)OC(C)C)ccc2n1. The minimum atomic E-state index is -0.605. The number of aryl methyl sites for hydroxylation is 1. The van der Waals surface area contributed by atoms with E-state index in [1.54, 1.807) is 51.1 Å². The lowest BCUT2D eigenvalue weighted by Crippen LogP contribution is -2.15. The molecule has 5 nitrogen and oxygen atoms in total. The molecule has 138 valence electrons. The first-order valence-corrected chi connectivity index (χ1v) is 8.53. The summed E-state index contributed by atoms with van der Waals surface area (Å²) in [7, 11) is 0. The Balaban J connectivity index is 2.02. The van der Waals surface area contributed by atoms with E-state index < -0.39 is 17.7 Å². The van der Waals surface area contributed by atoms with Gasteiger partial charge in [0.1, 0.15) is 5.82 Å². The summed E-state index contributed by atoms with van der Waals surface area (Å²) in [5, 5.41) is 3.29. The zero-order valence-corrected chi connectivity index (χ0v) is 15.2. The molecule has 0 aliphatic rings. The van der Waals surface area contributed by atoms with Gasteiger partial charge in [-0.1, -0.05) is 12.1 Å². The van der Waals surface area contributed by atoms with Gasteiger partial charge in [0.05, 0.1) is 28.4 Å². The number of carbonyl (C=O) groups is 2. The highest BCUT2D eigenvalue weighted by molar-refractivity contribution is 6.09. The Morgan fingerprint density at radius 3 is 2.56 bits per heavy atom. The molecule has 0 saturated carbocycles. The van der Waals surface area contributed by atoms with Gasteiger partial charge in [-0.25, -0.2) is 9.18 Å². The molecule has 0 aliphatic carbocycles. The molecule has 0 bridgehead atoms. The van der Waals surface area contributed by atoms with E-state index in [4.69, 9.17) is 4.74 Å². The summed E-state index contributed by atoms with van der Waals surface area (Å²) in [6.07, 6.45) is -0.246. The molecule has 0 saturated heterocycles. The molecule has 0 atom stereocenters. The van der Waals surface area contributed by atoms with Crippen molar-refractivity contribution in [2.24, 2.45) is 0 Å². The second kappa shape index (κ2) is 7.53. The fourth-order valence-corrected chi connectivity index (χ4v) is 2.71. The van der Waals surface area contributed by atoms with Gasteiger partial charge >= 0.3 is 5.97 Å². The van der Waals surface area contributed by atoms with Gasteiger partial charge in [0, 0.05) is 11.1 Å². The number of halogens is 1. The van der Waals surface area contributed by atoms with Gasteiger partial charge in [-0.05, 0) is 57.2 Å². The highest BCUT2D eigenvalue weighted by Gasteiger charge is 2.16. The van der Waals surface area contributed by atoms with Crippen LogP contribution >= 0.6 is 0 Å². The number of anilines is 1. The minimum absolute atomic E-state index is 0.0597. The van der Waals surface area contributed by atoms with Crippen LogP contribution in [-0.2, 0) is 4.74 Å². The van der Waals surface area contributed by atoms with Crippen molar-refractivity contribution in [3.05, 3.63) is 71.2 Å². The standard InChI is InChI=1S/C21H19FN2O3/c1-12(2)27-21(26)14-8-9-18-16(11-14)19(10-13(3)23-18)24-20(25)15-6-4-5-7-17(15)22/h4-12H,1-3H3,(H,23,24,25). The molecule has 0 radical (unpaired) electrons. The van der Waals surface area contributed by atoms with Gasteiger partial charge in [-0.2, -0.15) is 0 Å². The highest BCUT2D eigenvalue weighted by atomic mass is 19.1. The van der Waals surface area contributed by atoms with E-state index in [1.165, 1.54) is 18.2 Å². The molecule has 6 heteroatoms. The van der Waals surface area contributed by atoms with Gasteiger partial charge in [0.25, 0.3) is 5.91 Å². The van der Waals surface area contributed by atoms with Crippen molar-refractivity contribution < 1.29 is 18.7 Å². The third-order valence-electron chi connectivity index (χ3n) is 3.88. The molecule has 27 heavy (non-hydrogen) atoms. The zero-order chi connectivity index (χ0) is 19.6. The van der Waals surface area contributed by atoms with Gasteiger partial charge in [-0.15, -0.1) is 0 Å². The largest absolute Gasteiger partial charge is 0.459 e. The van der Waals surface area contributed by atoms with Crippen LogP contribution in [-0.4, -0.2) is 23.0 Å². The van der Waals surface area contributed by atoms with Crippen molar-refractivity contribution in [1.82, 2.24) is 4.98 Å². The molecular weight excluding hydrogens is 347 g/mol. The van der Waals surface area contributed by atoms with Crippen LogP contribution in [0.4, 0.5) is 10.1 Å². The molecule has 1 heterocycles. The second-order valence-corrected chi connectivity index (χ2v) is 6.43. The average Bonchev–Trinajstić information content (AvgIpc) is 2.61. The first-order valence-electron chi connectivity index (χ1n) is 8.53. The third kappa shape index (κ3) is 4.11. The van der Waals surface area contributed by atoms with E-state index in [0.29, 0.717) is 27.8 Å². The van der Waals surface area contributed by atoms with Crippen molar-refractivity contribution in [2.75, 3.05) is 5.32 Å². The van der Waals surface area contributed by atoms with E-state index >= 15 is 0 Å². The lowest BCUT2D eigenvalue weighted by molar-refractivity contribution is 0.0378. The van der Waals surface area contributed by atoms with E-state index in [2.05, 4.69) is 10.3 Å². The number of fused-ring (bicyclic) bond motifs is 1. The number of nitrogens with one attached hydrogen (secondary N) is 1. The Hall–Kier alpha value is -3.28. The first-order chi connectivity index (χ1) is 12.8. The Morgan fingerprint density at radius 2 is 1.85 bits per heavy atom. The van der Waals surface area contributed by atoms with Crippen LogP contribution in [0.1, 0.15) is 40.3 Å². The predicted octanol–water partition coefficient (Wildman–Crippen LogP) is 4.50. The first kappa shape index (κ1) is 18.5. The summed E-state index contributed by atoms with van der Waals surface area (Å²) in [5.74, 6) is -1.64. The van der Waals surface area contributed by atoms with Crippen molar-refractivity contribution in [2.45, 2.75) is 26.9 Å². The zero-order valence-electron chi connectivity index (χ0n) is 15.2. The van der Waals surface area contributed by atoms with E-state index in [1.807, 2.05) is 0 Å². The van der Waals surface area contributed by atoms with Crippen LogP contribution in [0.3, 0.4) is 0 Å². The summed E-state index contributed by atoms with van der Waals surface area (Å²) in [5.41, 5.74) is 2.03. The molecule has 0 unspecified atom stereocenters. The molecular formula is C21H19FN2O3. The molecule has 0 fully saturated rings. The summed E-state index contributed by atoms with van der Waals surface area (Å²) in [4.78, 5) is 29.1. The molecule has 0 spiro atoms. The Kier molecular flexibility index (Phi) is 5.16. The second-order valence-electron chi connectivity index (χ2n) is 6.43. The van der Waals surface area contributed by atoms with Gasteiger partial charge in [0.15, 0.2) is 0 Å². The van der Waals surface area contributed by atoms with Crippen LogP contribution in [0.2, 0.25) is 0 Å². The van der Waals surface area contributed by atoms with E-state index in [-0.39, 0.29) is 11.7 Å². The number of aromatic nitrogens is 1. The third-order valence-corrected chi connectivity index (χ3v) is 3.88. The molecule has 3 aromatic rings. The number of nitrogens with zero attached hydrogens (tertiary/aromatic N) is 1. The number of ether oxygens (including phenoxy) is 1. The van der Waals surface area contributed by atoms with Crippen LogP contribution in [0.25, 0.3) is 10.9 Å². The normalized spacial score (nSPS) is 10.9. The molecule has 1 amide bonds. The number of rotatable bonds is 4. The maximum atomic E-state index is 13.9. The van der Waals surface area contributed by atoms with Crippen molar-refractivity contribution >= 4 is 28.5 Å². The fraction of sp³-hybridized carbons (Fsp3) is 0.190. The van der Waals surface area contributed by atoms with Crippen LogP contribution < -0.4 is 5.32 Å². The van der Waals surface area contributed by atoms with Crippen molar-refractivity contribution in [3.8, 4) is 0 Å². The van der Waals surface area contributed by atoms with E-state index in [9.17, 15) is 14.0 Å². The van der Waals surface area contributed by atoms with Gasteiger partial charge in [-0.3, -0.25) is 9.78 Å². The lowest BCUT2D eigenvalue weighted by Gasteiger charge is -2.12. The van der Waals surface area contributed by atoms with Crippen LogP contribution in [0, 0.1) is 12.7 Å². The topological polar surface area (TPSA) is 68.3 Å². The Labute approximate surface area is 156 Å². The highest BCUT2D eigenvalue weighted by Crippen LogP contribution is 2.26. The number of amides is 1. The number of hydrogen-bond donors (Lipinski definition) is 1. The van der Waals surface area contributed by atoms with Gasteiger partial charge in [0.2, 0.25) is 0 Å². The number of benzene rings is 2. The molecule has 1 aromatic heterocycles. The number of pyridine rings is 1. The smallest absolute Gasteiger partial charge is 0.338 e. The summed E-state index contributed by atoms with van der Waals surface area (Å²) in [6.45, 7) is 5.33. The maximum Gasteiger partial charge on any atom is 0.338 e. The Bertz CT molecular complexity index is 1030. The lowest BCUT2D eigenvalue weighted by atomic mass is 10.1. The number of esters is 1. The fourth-order valence-electron chi connectivity index (χ4n) is 2.71.